The van der Waals surface area contributed by atoms with Crippen molar-refractivity contribution in [1.82, 2.24) is 14.7 Å². The van der Waals surface area contributed by atoms with Gasteiger partial charge < -0.3 is 9.64 Å². The van der Waals surface area contributed by atoms with Crippen molar-refractivity contribution in [3.05, 3.63) is 87.6 Å². The number of rotatable bonds is 8. The molecule has 0 bridgehead atoms. The van der Waals surface area contributed by atoms with Crippen LogP contribution in [0.1, 0.15) is 30.5 Å². The second-order valence-electron chi connectivity index (χ2n) is 8.27. The molecule has 188 valence electrons. The number of anilines is 1. The number of nitrogens with zero attached hydrogens (tertiary/aromatic N) is 3. The lowest BCUT2D eigenvalue weighted by Crippen LogP contribution is -2.27. The Balaban J connectivity index is 1.37. The topological polar surface area (TPSA) is 93.5 Å². The van der Waals surface area contributed by atoms with Crippen LogP contribution in [0.25, 0.3) is 5.69 Å². The number of halogens is 3. The van der Waals surface area contributed by atoms with Gasteiger partial charge in [-0.3, -0.25) is 14.9 Å². The number of nitrogens with one attached hydrogen (secondary N) is 1. The molecule has 4 rings (SSSR count). The first-order valence-corrected chi connectivity index (χ1v) is 11.3. The Morgan fingerprint density at radius 3 is 2.58 bits per heavy atom. The van der Waals surface area contributed by atoms with E-state index in [1.165, 1.54) is 12.3 Å². The molecule has 0 unspecified atom stereocenters. The Hall–Kier alpha value is -4.15. The zero-order chi connectivity index (χ0) is 25.7. The summed E-state index contributed by atoms with van der Waals surface area (Å²) in [6.07, 6.45) is 2.60. The summed E-state index contributed by atoms with van der Waals surface area (Å²) in [5.74, 6) is -4.22. The molecule has 0 saturated carbocycles. The van der Waals surface area contributed by atoms with E-state index in [4.69, 9.17) is 4.74 Å². The van der Waals surface area contributed by atoms with Crippen LogP contribution in [0.4, 0.5) is 23.7 Å². The number of benzene rings is 2. The Kier molecular flexibility index (Phi) is 7.67. The number of carbonyl (C=O) groups excluding carboxylic acids is 2. The minimum atomic E-state index is -1.59. The highest BCUT2D eigenvalue weighted by molar-refractivity contribution is 5.84. The molecule has 0 atom stereocenters. The predicted molar refractivity (Wildman–Crippen MR) is 124 cm³/mol. The zero-order valence-electron chi connectivity index (χ0n) is 19.2. The van der Waals surface area contributed by atoms with Crippen molar-refractivity contribution in [3.63, 3.8) is 0 Å². The van der Waals surface area contributed by atoms with Crippen molar-refractivity contribution in [3.8, 4) is 5.69 Å². The summed E-state index contributed by atoms with van der Waals surface area (Å²) < 4.78 is 46.7. The monoisotopic (exact) mass is 500 g/mol. The highest BCUT2D eigenvalue weighted by Gasteiger charge is 2.19. The normalized spacial score (nSPS) is 13.2. The molecule has 11 heteroatoms. The summed E-state index contributed by atoms with van der Waals surface area (Å²) >= 11 is 0. The van der Waals surface area contributed by atoms with E-state index in [-0.39, 0.29) is 30.3 Å². The number of aromatic nitrogens is 2. The summed E-state index contributed by atoms with van der Waals surface area (Å²) in [7, 11) is 0. The highest BCUT2D eigenvalue weighted by Crippen LogP contribution is 2.17. The lowest BCUT2D eigenvalue weighted by Gasteiger charge is -2.15. The highest BCUT2D eigenvalue weighted by atomic mass is 19.2. The second-order valence-corrected chi connectivity index (χ2v) is 8.27. The van der Waals surface area contributed by atoms with Gasteiger partial charge in [-0.05, 0) is 30.5 Å². The molecule has 1 saturated heterocycles. The van der Waals surface area contributed by atoms with E-state index in [0.29, 0.717) is 30.6 Å². The standard InChI is InChI=1S/C25H23F3N4O4/c26-19-14-18(15-20(27)24(19)28)32-10-7-22(33)21(30-32)13-16-4-1-5-17(12-16)29-25(35)36-11-3-9-31-8-2-6-23(31)34/h1,4-5,7,10,12,14-15H,2-3,6,8-9,11,13H2,(H,29,35). The molecule has 1 aromatic heterocycles. The molecular formula is C25H23F3N4O4. The maximum Gasteiger partial charge on any atom is 0.411 e. The van der Waals surface area contributed by atoms with Crippen LogP contribution < -0.4 is 10.7 Å². The van der Waals surface area contributed by atoms with Gasteiger partial charge in [-0.1, -0.05) is 12.1 Å². The molecule has 1 aliphatic heterocycles. The fourth-order valence-corrected chi connectivity index (χ4v) is 3.85. The fraction of sp³-hybridized carbons (Fsp3) is 0.280. The maximum atomic E-state index is 13.6. The summed E-state index contributed by atoms with van der Waals surface area (Å²) in [6, 6.07) is 9.43. The number of ether oxygens (including phenoxy) is 1. The lowest BCUT2D eigenvalue weighted by atomic mass is 10.1. The van der Waals surface area contributed by atoms with Crippen molar-refractivity contribution in [2.75, 3.05) is 25.0 Å². The van der Waals surface area contributed by atoms with E-state index in [9.17, 15) is 27.6 Å². The molecule has 1 fully saturated rings. The van der Waals surface area contributed by atoms with E-state index in [2.05, 4.69) is 10.4 Å². The Labute approximate surface area is 204 Å². The second kappa shape index (κ2) is 11.1. The van der Waals surface area contributed by atoms with Gasteiger partial charge in [0.2, 0.25) is 11.3 Å². The van der Waals surface area contributed by atoms with Crippen LogP contribution in [0.2, 0.25) is 0 Å². The van der Waals surface area contributed by atoms with Gasteiger partial charge in [0.15, 0.2) is 17.5 Å². The van der Waals surface area contributed by atoms with Gasteiger partial charge >= 0.3 is 6.09 Å². The number of hydrogen-bond donors (Lipinski definition) is 1. The average Bonchev–Trinajstić information content (AvgIpc) is 3.26. The maximum absolute atomic E-state index is 13.6. The smallest absolute Gasteiger partial charge is 0.411 e. The molecular weight excluding hydrogens is 477 g/mol. The molecule has 2 amide bonds. The van der Waals surface area contributed by atoms with Crippen molar-refractivity contribution in [1.29, 1.82) is 0 Å². The molecule has 0 radical (unpaired) electrons. The SMILES string of the molecule is O=C(Nc1cccc(Cc2nn(-c3cc(F)c(F)c(F)c3)ccc2=O)c1)OCCCN1CCCC1=O. The Morgan fingerprint density at radius 2 is 1.86 bits per heavy atom. The number of hydrogen-bond acceptors (Lipinski definition) is 5. The van der Waals surface area contributed by atoms with Gasteiger partial charge in [0.1, 0.15) is 5.69 Å². The third kappa shape index (κ3) is 6.09. The first-order valence-electron chi connectivity index (χ1n) is 11.3. The molecule has 36 heavy (non-hydrogen) atoms. The van der Waals surface area contributed by atoms with E-state index in [0.717, 1.165) is 29.8 Å². The van der Waals surface area contributed by atoms with Crippen LogP contribution in [-0.2, 0) is 16.0 Å². The van der Waals surface area contributed by atoms with Crippen LogP contribution in [0, 0.1) is 17.5 Å². The summed E-state index contributed by atoms with van der Waals surface area (Å²) in [5, 5.41) is 6.75. The van der Waals surface area contributed by atoms with Crippen molar-refractivity contribution < 1.29 is 27.5 Å². The lowest BCUT2D eigenvalue weighted by molar-refractivity contribution is -0.127. The molecule has 0 spiro atoms. The number of carbonyl (C=O) groups is 2. The molecule has 1 aliphatic rings. The van der Waals surface area contributed by atoms with E-state index in [1.807, 2.05) is 0 Å². The molecule has 2 aromatic carbocycles. The third-order valence-corrected chi connectivity index (χ3v) is 5.63. The van der Waals surface area contributed by atoms with Gasteiger partial charge in [-0.15, -0.1) is 0 Å². The molecule has 0 aliphatic carbocycles. The third-order valence-electron chi connectivity index (χ3n) is 5.63. The summed E-state index contributed by atoms with van der Waals surface area (Å²) in [5.41, 5.74) is 0.674. The molecule has 3 aromatic rings. The predicted octanol–water partition coefficient (Wildman–Crippen LogP) is 3.80. The number of amides is 2. The van der Waals surface area contributed by atoms with Gasteiger partial charge in [0.25, 0.3) is 0 Å². The van der Waals surface area contributed by atoms with Crippen LogP contribution in [0.3, 0.4) is 0 Å². The van der Waals surface area contributed by atoms with Gasteiger partial charge in [-0.2, -0.15) is 5.10 Å². The quantitative estimate of drug-likeness (QED) is 0.375. The van der Waals surface area contributed by atoms with E-state index >= 15 is 0 Å². The average molecular weight is 500 g/mol. The van der Waals surface area contributed by atoms with Crippen LogP contribution in [0.5, 0.6) is 0 Å². The largest absolute Gasteiger partial charge is 0.449 e. The van der Waals surface area contributed by atoms with Crippen molar-refractivity contribution >= 4 is 17.7 Å². The zero-order valence-corrected chi connectivity index (χ0v) is 19.2. The number of likely N-dealkylation sites (tertiary alicyclic amines) is 1. The summed E-state index contributed by atoms with van der Waals surface area (Å²) in [6.45, 7) is 1.44. The van der Waals surface area contributed by atoms with Crippen molar-refractivity contribution in [2.45, 2.75) is 25.7 Å². The Morgan fingerprint density at radius 1 is 1.08 bits per heavy atom. The Bertz CT molecular complexity index is 1320. The molecule has 8 nitrogen and oxygen atoms in total. The minimum absolute atomic E-state index is 0.0697. The van der Waals surface area contributed by atoms with Crippen LogP contribution in [-0.4, -0.2) is 46.4 Å². The molecule has 2 heterocycles. The van der Waals surface area contributed by atoms with Gasteiger partial charge in [-0.25, -0.2) is 22.6 Å². The summed E-state index contributed by atoms with van der Waals surface area (Å²) in [4.78, 5) is 37.8. The fourth-order valence-electron chi connectivity index (χ4n) is 3.85. The van der Waals surface area contributed by atoms with Crippen LogP contribution >= 0.6 is 0 Å². The molecule has 1 N–H and O–H groups in total. The first-order chi connectivity index (χ1) is 17.3. The van der Waals surface area contributed by atoms with Crippen molar-refractivity contribution in [2.24, 2.45) is 0 Å². The van der Waals surface area contributed by atoms with E-state index in [1.54, 1.807) is 29.2 Å². The van der Waals surface area contributed by atoms with Crippen LogP contribution in [0.15, 0.2) is 53.5 Å². The minimum Gasteiger partial charge on any atom is -0.449 e. The first kappa shape index (κ1) is 25.0. The van der Waals surface area contributed by atoms with E-state index < -0.39 is 29.0 Å². The van der Waals surface area contributed by atoms with Gasteiger partial charge in [0, 0.05) is 56.0 Å². The van der Waals surface area contributed by atoms with Gasteiger partial charge in [0.05, 0.1) is 12.3 Å².